The van der Waals surface area contributed by atoms with Gasteiger partial charge in [0.25, 0.3) is 0 Å². The summed E-state index contributed by atoms with van der Waals surface area (Å²) in [6.45, 7) is 3.14. The Kier molecular flexibility index (Phi) is 2.38. The lowest BCUT2D eigenvalue weighted by molar-refractivity contribution is -0.138. The van der Waals surface area contributed by atoms with Crippen molar-refractivity contribution in [2.45, 2.75) is 26.0 Å². The number of nitriles is 1. The average molecular weight is 250 g/mol. The molecule has 0 unspecified atom stereocenters. The van der Waals surface area contributed by atoms with Gasteiger partial charge in [-0.25, -0.2) is 0 Å². The molecule has 0 aliphatic carbocycles. The minimum atomic E-state index is -1.71. The van der Waals surface area contributed by atoms with Gasteiger partial charge in [0.1, 0.15) is 17.6 Å². The fourth-order valence-corrected chi connectivity index (χ4v) is 3.01. The van der Waals surface area contributed by atoms with Crippen molar-refractivity contribution in [3.8, 4) is 6.07 Å². The summed E-state index contributed by atoms with van der Waals surface area (Å²) >= 11 is 0. The molecule has 1 fully saturated rings. The normalized spacial score (nSPS) is 38.9. The van der Waals surface area contributed by atoms with Gasteiger partial charge in [0, 0.05) is 5.92 Å². The zero-order valence-electron chi connectivity index (χ0n) is 10.1. The van der Waals surface area contributed by atoms with Crippen LogP contribution in [-0.2, 0) is 9.59 Å². The highest BCUT2D eigenvalue weighted by molar-refractivity contribution is 6.13. The van der Waals surface area contributed by atoms with Crippen LogP contribution in [0.15, 0.2) is 11.4 Å². The van der Waals surface area contributed by atoms with Gasteiger partial charge in [0.2, 0.25) is 11.8 Å². The Morgan fingerprint density at radius 2 is 2.11 bits per heavy atom. The van der Waals surface area contributed by atoms with E-state index < -0.39 is 28.9 Å². The van der Waals surface area contributed by atoms with Gasteiger partial charge in [0.15, 0.2) is 5.41 Å². The summed E-state index contributed by atoms with van der Waals surface area (Å²) < 4.78 is 0. The van der Waals surface area contributed by atoms with E-state index in [1.807, 2.05) is 6.07 Å². The van der Waals surface area contributed by atoms with Gasteiger partial charge in [-0.05, 0) is 13.3 Å². The van der Waals surface area contributed by atoms with Gasteiger partial charge in [0.05, 0.1) is 5.57 Å². The van der Waals surface area contributed by atoms with Crippen LogP contribution >= 0.6 is 0 Å². The maximum Gasteiger partial charge on any atom is 0.247 e. The highest BCUT2D eigenvalue weighted by Gasteiger charge is 2.68. The van der Waals surface area contributed by atoms with Crippen molar-refractivity contribution in [3.05, 3.63) is 11.4 Å². The Labute approximate surface area is 104 Å². The second-order valence-corrected chi connectivity index (χ2v) is 4.73. The van der Waals surface area contributed by atoms with E-state index in [9.17, 15) is 14.7 Å². The monoisotopic (exact) mass is 250 g/mol. The molecule has 2 aliphatic heterocycles. The van der Waals surface area contributed by atoms with Crippen LogP contribution in [0.2, 0.25) is 0 Å². The molecule has 0 aromatic heterocycles. The average Bonchev–Trinajstić information content (AvgIpc) is 2.61. The quantitative estimate of drug-likeness (QED) is 0.428. The summed E-state index contributed by atoms with van der Waals surface area (Å²) in [5, 5.41) is 24.0. The summed E-state index contributed by atoms with van der Waals surface area (Å²) in [6, 6.07) is 1.81. The van der Waals surface area contributed by atoms with Gasteiger partial charge in [-0.1, -0.05) is 6.92 Å². The Hall–Kier alpha value is -2.07. The molecular formula is C11H14N4O3. The first-order valence-corrected chi connectivity index (χ1v) is 5.59. The first kappa shape index (κ1) is 12.4. The molecule has 2 rings (SSSR count). The maximum absolute atomic E-state index is 12.1. The number of nitrogens with one attached hydrogen (secondary N) is 2. The van der Waals surface area contributed by atoms with Crippen LogP contribution in [-0.4, -0.2) is 22.6 Å². The van der Waals surface area contributed by atoms with Crippen LogP contribution in [0, 0.1) is 22.7 Å². The number of nitrogens with two attached hydrogens (primary N) is 1. The molecule has 0 aromatic carbocycles. The third-order valence-electron chi connectivity index (χ3n) is 3.72. The van der Waals surface area contributed by atoms with Crippen LogP contribution in [0.3, 0.4) is 0 Å². The van der Waals surface area contributed by atoms with Gasteiger partial charge in [-0.3, -0.25) is 9.59 Å². The predicted octanol–water partition coefficient (Wildman–Crippen LogP) is -1.34. The smallest absolute Gasteiger partial charge is 0.247 e. The Morgan fingerprint density at radius 1 is 1.50 bits per heavy atom. The number of nitrogens with zero attached hydrogens (tertiary/aromatic N) is 1. The lowest BCUT2D eigenvalue weighted by Crippen LogP contribution is -2.46. The zero-order valence-corrected chi connectivity index (χ0v) is 10.1. The second-order valence-electron chi connectivity index (χ2n) is 4.73. The molecule has 18 heavy (non-hydrogen) atoms. The van der Waals surface area contributed by atoms with E-state index in [0.717, 1.165) is 0 Å². The molecular weight excluding hydrogens is 236 g/mol. The Balaban J connectivity index is 2.70. The third-order valence-corrected chi connectivity index (χ3v) is 3.72. The molecule has 0 bridgehead atoms. The Bertz CT molecular complexity index is 517. The standard InChI is InChI=1S/C11H14N4O3/c1-3-6-10(2,18)15-9(17)11(6)5(4-12)7(13)14-8(11)16/h6,18H,3,13H2,1-2H3,(H,14,16)(H,15,17)/t6-,10+,11-/m0/s1. The second kappa shape index (κ2) is 3.46. The van der Waals surface area contributed by atoms with Crippen molar-refractivity contribution in [3.63, 3.8) is 0 Å². The van der Waals surface area contributed by atoms with E-state index in [0.29, 0.717) is 6.42 Å². The lowest BCUT2D eigenvalue weighted by Gasteiger charge is -2.30. The van der Waals surface area contributed by atoms with Crippen molar-refractivity contribution < 1.29 is 14.7 Å². The molecule has 0 aromatic rings. The molecule has 0 radical (unpaired) electrons. The minimum absolute atomic E-state index is 0.116. The van der Waals surface area contributed by atoms with Crippen LogP contribution < -0.4 is 16.4 Å². The van der Waals surface area contributed by atoms with Crippen molar-refractivity contribution in [1.82, 2.24) is 10.6 Å². The summed E-state index contributed by atoms with van der Waals surface area (Å²) in [5.74, 6) is -2.20. The zero-order chi connectivity index (χ0) is 13.7. The highest BCUT2D eigenvalue weighted by Crippen LogP contribution is 2.50. The summed E-state index contributed by atoms with van der Waals surface area (Å²) in [7, 11) is 0. The number of carbonyl (C=O) groups excluding carboxylic acids is 2. The molecule has 1 saturated heterocycles. The number of hydrogen-bond acceptors (Lipinski definition) is 5. The minimum Gasteiger partial charge on any atom is -0.384 e. The number of rotatable bonds is 1. The molecule has 5 N–H and O–H groups in total. The summed E-state index contributed by atoms with van der Waals surface area (Å²) in [4.78, 5) is 24.2. The molecule has 3 atom stereocenters. The number of amides is 2. The predicted molar refractivity (Wildman–Crippen MR) is 59.9 cm³/mol. The maximum atomic E-state index is 12.1. The molecule has 0 saturated carbocycles. The van der Waals surface area contributed by atoms with Crippen LogP contribution in [0.5, 0.6) is 0 Å². The van der Waals surface area contributed by atoms with Crippen molar-refractivity contribution in [2.75, 3.05) is 0 Å². The molecule has 2 amide bonds. The fraction of sp³-hybridized carbons (Fsp3) is 0.545. The van der Waals surface area contributed by atoms with Crippen molar-refractivity contribution in [1.29, 1.82) is 5.26 Å². The molecule has 2 aliphatic rings. The van der Waals surface area contributed by atoms with Gasteiger partial charge >= 0.3 is 0 Å². The van der Waals surface area contributed by atoms with E-state index in [1.165, 1.54) is 6.92 Å². The first-order chi connectivity index (χ1) is 8.32. The van der Waals surface area contributed by atoms with Gasteiger partial charge in [-0.15, -0.1) is 0 Å². The topological polar surface area (TPSA) is 128 Å². The third kappa shape index (κ3) is 1.15. The van der Waals surface area contributed by atoms with E-state index in [4.69, 9.17) is 11.0 Å². The fourth-order valence-electron chi connectivity index (χ4n) is 3.01. The van der Waals surface area contributed by atoms with Crippen LogP contribution in [0.4, 0.5) is 0 Å². The van der Waals surface area contributed by atoms with Gasteiger partial charge < -0.3 is 21.5 Å². The van der Waals surface area contributed by atoms with Crippen LogP contribution in [0.1, 0.15) is 20.3 Å². The van der Waals surface area contributed by atoms with E-state index >= 15 is 0 Å². The molecule has 2 heterocycles. The number of aliphatic hydroxyl groups is 1. The van der Waals surface area contributed by atoms with Crippen molar-refractivity contribution in [2.24, 2.45) is 17.1 Å². The highest BCUT2D eigenvalue weighted by atomic mass is 16.3. The largest absolute Gasteiger partial charge is 0.384 e. The summed E-state index contributed by atoms with van der Waals surface area (Å²) in [5.41, 5.74) is 2.19. The van der Waals surface area contributed by atoms with Crippen molar-refractivity contribution >= 4 is 11.8 Å². The lowest BCUT2D eigenvalue weighted by atomic mass is 9.68. The van der Waals surface area contributed by atoms with Crippen LogP contribution in [0.25, 0.3) is 0 Å². The molecule has 7 nitrogen and oxygen atoms in total. The first-order valence-electron chi connectivity index (χ1n) is 5.59. The van der Waals surface area contributed by atoms with E-state index in [2.05, 4.69) is 10.6 Å². The Morgan fingerprint density at radius 3 is 2.61 bits per heavy atom. The number of carbonyl (C=O) groups is 2. The van der Waals surface area contributed by atoms with Gasteiger partial charge in [-0.2, -0.15) is 5.26 Å². The molecule has 96 valence electrons. The summed E-state index contributed by atoms with van der Waals surface area (Å²) in [6.07, 6.45) is 0.345. The molecule has 1 spiro atoms. The van der Waals surface area contributed by atoms with E-state index in [1.54, 1.807) is 6.92 Å². The molecule has 7 heteroatoms. The SMILES string of the molecule is CC[C@@H]1[C@@]2(C(=O)NC(N)=C2C#N)C(=O)N[C@]1(C)O. The number of hydrogen-bond donors (Lipinski definition) is 4. The van der Waals surface area contributed by atoms with E-state index in [-0.39, 0.29) is 11.4 Å².